The second-order valence-corrected chi connectivity index (χ2v) is 5.13. The zero-order valence-electron chi connectivity index (χ0n) is 7.86. The Labute approximate surface area is 78.9 Å². The molecule has 0 aromatic heterocycles. The molecule has 0 bridgehead atoms. The Morgan fingerprint density at radius 1 is 1.36 bits per heavy atom. The summed E-state index contributed by atoms with van der Waals surface area (Å²) in [4.78, 5) is 0. The van der Waals surface area contributed by atoms with Gasteiger partial charge in [0.15, 0.2) is 0 Å². The topological polar surface area (TPSA) is 0 Å². The summed E-state index contributed by atoms with van der Waals surface area (Å²) in [6.07, 6.45) is 4.20. The smallest absolute Gasteiger partial charge is 0.00341 e. The molecule has 0 aromatic rings. The molecular formula is C10H19Br. The van der Waals surface area contributed by atoms with Gasteiger partial charge in [-0.3, -0.25) is 0 Å². The van der Waals surface area contributed by atoms with Crippen LogP contribution >= 0.6 is 15.9 Å². The largest absolute Gasteiger partial charge is 0.0928 e. The third-order valence-corrected chi connectivity index (χ3v) is 4.08. The Morgan fingerprint density at radius 2 is 2.00 bits per heavy atom. The Balaban J connectivity index is 2.40. The average molecular weight is 219 g/mol. The summed E-state index contributed by atoms with van der Waals surface area (Å²) in [6.45, 7) is 7.17. The molecule has 11 heavy (non-hydrogen) atoms. The van der Waals surface area contributed by atoms with Crippen molar-refractivity contribution in [2.45, 2.75) is 40.0 Å². The molecule has 0 amide bonds. The lowest BCUT2D eigenvalue weighted by atomic mass is 9.53. The molecule has 66 valence electrons. The minimum Gasteiger partial charge on any atom is -0.0928 e. The van der Waals surface area contributed by atoms with E-state index < -0.39 is 0 Å². The van der Waals surface area contributed by atoms with E-state index in [9.17, 15) is 0 Å². The zero-order valence-corrected chi connectivity index (χ0v) is 9.45. The van der Waals surface area contributed by atoms with Crippen molar-refractivity contribution in [2.75, 3.05) is 5.33 Å². The molecule has 1 rings (SSSR count). The summed E-state index contributed by atoms with van der Waals surface area (Å²) in [5, 5.41) is 1.18. The van der Waals surface area contributed by atoms with E-state index in [0.717, 1.165) is 11.8 Å². The first-order valence-corrected chi connectivity index (χ1v) is 5.81. The molecule has 1 heteroatoms. The predicted octanol–water partition coefficient (Wildman–Crippen LogP) is 3.84. The van der Waals surface area contributed by atoms with E-state index in [2.05, 4.69) is 36.7 Å². The normalized spacial score (nSPS) is 34.9. The van der Waals surface area contributed by atoms with E-state index in [0.29, 0.717) is 5.41 Å². The van der Waals surface area contributed by atoms with Gasteiger partial charge in [0.25, 0.3) is 0 Å². The third-order valence-electron chi connectivity index (χ3n) is 3.62. The molecular weight excluding hydrogens is 200 g/mol. The summed E-state index contributed by atoms with van der Waals surface area (Å²) in [6, 6.07) is 0. The van der Waals surface area contributed by atoms with E-state index in [1.165, 1.54) is 24.6 Å². The molecule has 0 nitrogen and oxygen atoms in total. The first-order valence-electron chi connectivity index (χ1n) is 4.68. The highest BCUT2D eigenvalue weighted by Gasteiger charge is 2.45. The summed E-state index contributed by atoms with van der Waals surface area (Å²) < 4.78 is 0. The zero-order chi connectivity index (χ0) is 8.48. The molecule has 0 spiro atoms. The fourth-order valence-corrected chi connectivity index (χ4v) is 2.99. The Kier molecular flexibility index (Phi) is 3.02. The Hall–Kier alpha value is 0.480. The van der Waals surface area contributed by atoms with Crippen LogP contribution in [0.25, 0.3) is 0 Å². The van der Waals surface area contributed by atoms with Gasteiger partial charge in [0.1, 0.15) is 0 Å². The lowest BCUT2D eigenvalue weighted by Crippen LogP contribution is -2.44. The summed E-state index contributed by atoms with van der Waals surface area (Å²) in [5.41, 5.74) is 0.628. The number of hydrogen-bond acceptors (Lipinski definition) is 0. The third kappa shape index (κ3) is 1.63. The van der Waals surface area contributed by atoms with E-state index in [1.807, 2.05) is 0 Å². The van der Waals surface area contributed by atoms with Gasteiger partial charge in [-0.15, -0.1) is 0 Å². The van der Waals surface area contributed by atoms with E-state index in [4.69, 9.17) is 0 Å². The first kappa shape index (κ1) is 9.57. The van der Waals surface area contributed by atoms with Gasteiger partial charge < -0.3 is 0 Å². The molecule has 0 aliphatic heterocycles. The van der Waals surface area contributed by atoms with Crippen LogP contribution in [-0.2, 0) is 0 Å². The fraction of sp³-hybridized carbons (Fsp3) is 1.00. The van der Waals surface area contributed by atoms with Gasteiger partial charge in [0.2, 0.25) is 0 Å². The molecule has 2 unspecified atom stereocenters. The maximum Gasteiger partial charge on any atom is 0.00341 e. The fourth-order valence-electron chi connectivity index (χ4n) is 2.44. The predicted molar refractivity (Wildman–Crippen MR) is 54.1 cm³/mol. The standard InChI is InChI=1S/C10H19Br/c1-4-8-7-9(5-6-11)10(8,2)3/h8-9H,4-7H2,1-3H3. The summed E-state index contributed by atoms with van der Waals surface area (Å²) in [5.74, 6) is 1.97. The van der Waals surface area contributed by atoms with E-state index in [1.54, 1.807) is 0 Å². The minimum absolute atomic E-state index is 0.628. The van der Waals surface area contributed by atoms with Gasteiger partial charge in [0, 0.05) is 5.33 Å². The second-order valence-electron chi connectivity index (χ2n) is 4.34. The molecule has 0 saturated heterocycles. The molecule has 0 N–H and O–H groups in total. The molecule has 2 atom stereocenters. The van der Waals surface area contributed by atoms with Crippen molar-refractivity contribution in [1.29, 1.82) is 0 Å². The van der Waals surface area contributed by atoms with Gasteiger partial charge in [-0.25, -0.2) is 0 Å². The van der Waals surface area contributed by atoms with Crippen molar-refractivity contribution in [1.82, 2.24) is 0 Å². The Bertz CT molecular complexity index is 129. The lowest BCUT2D eigenvalue weighted by molar-refractivity contribution is -0.0234. The van der Waals surface area contributed by atoms with Gasteiger partial charge in [0.05, 0.1) is 0 Å². The highest BCUT2D eigenvalue weighted by atomic mass is 79.9. The van der Waals surface area contributed by atoms with Crippen LogP contribution in [-0.4, -0.2) is 5.33 Å². The van der Waals surface area contributed by atoms with Crippen molar-refractivity contribution in [3.8, 4) is 0 Å². The van der Waals surface area contributed by atoms with E-state index in [-0.39, 0.29) is 0 Å². The van der Waals surface area contributed by atoms with Gasteiger partial charge in [-0.2, -0.15) is 0 Å². The van der Waals surface area contributed by atoms with Crippen LogP contribution in [0.1, 0.15) is 40.0 Å². The van der Waals surface area contributed by atoms with E-state index >= 15 is 0 Å². The van der Waals surface area contributed by atoms with Crippen LogP contribution < -0.4 is 0 Å². The quantitative estimate of drug-likeness (QED) is 0.632. The maximum atomic E-state index is 3.52. The SMILES string of the molecule is CCC1CC(CCBr)C1(C)C. The molecule has 1 saturated carbocycles. The lowest BCUT2D eigenvalue weighted by Gasteiger charge is -2.52. The number of halogens is 1. The molecule has 1 aliphatic carbocycles. The van der Waals surface area contributed by atoms with Crippen LogP contribution in [0, 0.1) is 17.3 Å². The molecule has 1 aliphatic rings. The van der Waals surface area contributed by atoms with Crippen molar-refractivity contribution >= 4 is 15.9 Å². The highest BCUT2D eigenvalue weighted by molar-refractivity contribution is 9.09. The van der Waals surface area contributed by atoms with Crippen LogP contribution in [0.15, 0.2) is 0 Å². The van der Waals surface area contributed by atoms with Crippen LogP contribution in [0.5, 0.6) is 0 Å². The van der Waals surface area contributed by atoms with Crippen molar-refractivity contribution in [3.05, 3.63) is 0 Å². The van der Waals surface area contributed by atoms with Gasteiger partial charge in [-0.05, 0) is 30.1 Å². The summed E-state index contributed by atoms with van der Waals surface area (Å²) in [7, 11) is 0. The average Bonchev–Trinajstić information content (AvgIpc) is 1.97. The maximum absolute atomic E-state index is 3.52. The number of alkyl halides is 1. The molecule has 0 radical (unpaired) electrons. The molecule has 0 aromatic carbocycles. The molecule has 1 fully saturated rings. The van der Waals surface area contributed by atoms with Gasteiger partial charge >= 0.3 is 0 Å². The van der Waals surface area contributed by atoms with Crippen LogP contribution in [0.2, 0.25) is 0 Å². The number of hydrogen-bond donors (Lipinski definition) is 0. The highest BCUT2D eigenvalue weighted by Crippen LogP contribution is 2.54. The summed E-state index contributed by atoms with van der Waals surface area (Å²) >= 11 is 3.52. The van der Waals surface area contributed by atoms with Crippen molar-refractivity contribution in [2.24, 2.45) is 17.3 Å². The van der Waals surface area contributed by atoms with Crippen molar-refractivity contribution in [3.63, 3.8) is 0 Å². The Morgan fingerprint density at radius 3 is 2.36 bits per heavy atom. The first-order chi connectivity index (χ1) is 5.12. The van der Waals surface area contributed by atoms with Gasteiger partial charge in [-0.1, -0.05) is 43.1 Å². The second kappa shape index (κ2) is 3.47. The molecule has 0 heterocycles. The van der Waals surface area contributed by atoms with Crippen LogP contribution in [0.4, 0.5) is 0 Å². The van der Waals surface area contributed by atoms with Crippen molar-refractivity contribution < 1.29 is 0 Å². The number of rotatable bonds is 3. The minimum atomic E-state index is 0.628. The van der Waals surface area contributed by atoms with Crippen LogP contribution in [0.3, 0.4) is 0 Å². The monoisotopic (exact) mass is 218 g/mol.